The molecule has 0 radical (unpaired) electrons. The number of ether oxygens (including phenoxy) is 1. The predicted octanol–water partition coefficient (Wildman–Crippen LogP) is 2.45. The summed E-state index contributed by atoms with van der Waals surface area (Å²) in [6, 6.07) is 5.04. The molecule has 3 rings (SSSR count). The van der Waals surface area contributed by atoms with E-state index in [1.165, 1.54) is 24.4 Å². The first-order valence-corrected chi connectivity index (χ1v) is 11.2. The number of amides is 1. The maximum atomic E-state index is 13.5. The highest BCUT2D eigenvalue weighted by Crippen LogP contribution is 2.26. The van der Waals surface area contributed by atoms with Crippen LogP contribution in [0.4, 0.5) is 10.1 Å². The minimum absolute atomic E-state index is 0.0487. The van der Waals surface area contributed by atoms with Gasteiger partial charge in [0.25, 0.3) is 5.91 Å². The maximum Gasteiger partial charge on any atom is 0.255 e. The second kappa shape index (κ2) is 10.4. The van der Waals surface area contributed by atoms with E-state index in [-0.39, 0.29) is 6.10 Å². The van der Waals surface area contributed by atoms with Crippen LogP contribution in [0.15, 0.2) is 24.3 Å². The molecule has 3 unspecified atom stereocenters. The Morgan fingerprint density at radius 1 is 1.31 bits per heavy atom. The van der Waals surface area contributed by atoms with E-state index in [9.17, 15) is 17.9 Å². The summed E-state index contributed by atoms with van der Waals surface area (Å²) in [6.45, 7) is 0.937. The molecule has 0 aromatic heterocycles. The monoisotopic (exact) mass is 424 g/mol. The van der Waals surface area contributed by atoms with Gasteiger partial charge < -0.3 is 20.0 Å². The Hall–Kier alpha value is -1.68. The molecule has 1 aromatic carbocycles. The average molecular weight is 425 g/mol. The zero-order valence-corrected chi connectivity index (χ0v) is 17.0. The van der Waals surface area contributed by atoms with Crippen molar-refractivity contribution in [1.82, 2.24) is 4.90 Å². The topological polar surface area (TPSA) is 106 Å². The van der Waals surface area contributed by atoms with Gasteiger partial charge in [0.2, 0.25) is 0 Å². The number of nitrogens with zero attached hydrogens (tertiary/aromatic N) is 1. The molecular weight excluding hydrogens is 397 g/mol. The van der Waals surface area contributed by atoms with E-state index >= 15 is 0 Å². The molecule has 29 heavy (non-hydrogen) atoms. The Morgan fingerprint density at radius 2 is 2.00 bits per heavy atom. The van der Waals surface area contributed by atoms with Gasteiger partial charge in [-0.1, -0.05) is 30.0 Å². The number of hydrogen-bond donors (Lipinski definition) is 2. The van der Waals surface area contributed by atoms with Gasteiger partial charge in [0, 0.05) is 17.2 Å². The second-order valence-electron chi connectivity index (χ2n) is 7.62. The van der Waals surface area contributed by atoms with Crippen LogP contribution in [0.2, 0.25) is 0 Å². The smallest absolute Gasteiger partial charge is 0.255 e. The molecule has 1 amide bonds. The van der Waals surface area contributed by atoms with Gasteiger partial charge >= 0.3 is 0 Å². The first kappa shape index (κ1) is 22.0. The Bertz CT molecular complexity index is 736. The number of carbonyl (C=O) groups excluding carboxylic acids is 1. The molecule has 1 saturated heterocycles. The normalized spacial score (nSPS) is 22.1. The highest BCUT2D eigenvalue weighted by atomic mass is 32.2. The third-order valence-electron chi connectivity index (χ3n) is 5.64. The fraction of sp³-hybridized carbons (Fsp3) is 0.600. The number of rotatable bonds is 8. The molecule has 2 N–H and O–H groups in total. The van der Waals surface area contributed by atoms with E-state index < -0.39 is 40.2 Å². The van der Waals surface area contributed by atoms with Gasteiger partial charge in [-0.25, -0.2) is 4.39 Å². The van der Waals surface area contributed by atoms with Crippen molar-refractivity contribution in [2.75, 3.05) is 18.4 Å². The highest BCUT2D eigenvalue weighted by Gasteiger charge is 2.37. The largest absolute Gasteiger partial charge is 0.772 e. The summed E-state index contributed by atoms with van der Waals surface area (Å²) in [6.07, 6.45) is 4.96. The Kier molecular flexibility index (Phi) is 7.88. The molecule has 1 aliphatic carbocycles. The standard InChI is InChI=1S/C20H28FN3O4S/c21-14-4-3-5-15(12-14)23-20(25)19(28-16-6-1-2-7-16)18(13-22)24-10-8-17(9-11-24)29(26)27/h3-5,12-13,16-19,22H,1-2,6-11H2,(H,23,25)(H,26,27)/p-1. The van der Waals surface area contributed by atoms with Crippen LogP contribution in [-0.2, 0) is 20.6 Å². The van der Waals surface area contributed by atoms with Crippen LogP contribution in [0.25, 0.3) is 0 Å². The quantitative estimate of drug-likeness (QED) is 0.493. The molecule has 1 heterocycles. The zero-order chi connectivity index (χ0) is 20.8. The lowest BCUT2D eigenvalue weighted by atomic mass is 10.0. The molecule has 0 bridgehead atoms. The van der Waals surface area contributed by atoms with Crippen LogP contribution in [0.1, 0.15) is 38.5 Å². The van der Waals surface area contributed by atoms with Crippen LogP contribution >= 0.6 is 0 Å². The van der Waals surface area contributed by atoms with Crippen LogP contribution < -0.4 is 5.32 Å². The molecule has 1 aromatic rings. The number of halogens is 1. The van der Waals surface area contributed by atoms with Gasteiger partial charge in [-0.05, 0) is 57.0 Å². The summed E-state index contributed by atoms with van der Waals surface area (Å²) in [4.78, 5) is 15.0. The van der Waals surface area contributed by atoms with Gasteiger partial charge in [0.1, 0.15) is 5.82 Å². The van der Waals surface area contributed by atoms with Crippen molar-refractivity contribution in [3.05, 3.63) is 30.1 Å². The predicted molar refractivity (Wildman–Crippen MR) is 108 cm³/mol. The lowest BCUT2D eigenvalue weighted by molar-refractivity contribution is -0.135. The molecule has 160 valence electrons. The van der Waals surface area contributed by atoms with Crippen molar-refractivity contribution in [2.45, 2.75) is 62.0 Å². The first-order valence-electron chi connectivity index (χ1n) is 10.0. The summed E-state index contributed by atoms with van der Waals surface area (Å²) in [5.41, 5.74) is 0.333. The van der Waals surface area contributed by atoms with E-state index in [4.69, 9.17) is 10.1 Å². The first-order chi connectivity index (χ1) is 14.0. The fourth-order valence-electron chi connectivity index (χ4n) is 4.06. The number of likely N-dealkylation sites (tertiary alicyclic amines) is 1. The van der Waals surface area contributed by atoms with Crippen LogP contribution in [0, 0.1) is 11.2 Å². The summed E-state index contributed by atoms with van der Waals surface area (Å²) < 4.78 is 42.1. The number of nitrogens with one attached hydrogen (secondary N) is 2. The molecule has 0 spiro atoms. The van der Waals surface area contributed by atoms with E-state index in [2.05, 4.69) is 5.32 Å². The van der Waals surface area contributed by atoms with Gasteiger partial charge in [0.05, 0.1) is 12.1 Å². The zero-order valence-electron chi connectivity index (χ0n) is 16.2. The lowest BCUT2D eigenvalue weighted by Gasteiger charge is -2.39. The molecule has 7 nitrogen and oxygen atoms in total. The average Bonchev–Trinajstić information content (AvgIpc) is 3.21. The number of piperidine rings is 1. The third kappa shape index (κ3) is 5.91. The number of carbonyl (C=O) groups is 1. The van der Waals surface area contributed by atoms with E-state index in [0.717, 1.165) is 25.7 Å². The van der Waals surface area contributed by atoms with Gasteiger partial charge in [0.15, 0.2) is 6.10 Å². The van der Waals surface area contributed by atoms with Crippen LogP contribution in [0.5, 0.6) is 0 Å². The molecule has 1 aliphatic heterocycles. The van der Waals surface area contributed by atoms with Crippen LogP contribution in [-0.4, -0.2) is 62.4 Å². The summed E-state index contributed by atoms with van der Waals surface area (Å²) >= 11 is -2.11. The van der Waals surface area contributed by atoms with Gasteiger partial charge in [-0.3, -0.25) is 13.9 Å². The summed E-state index contributed by atoms with van der Waals surface area (Å²) in [5, 5.41) is 10.2. The Balaban J connectivity index is 1.74. The van der Waals surface area contributed by atoms with E-state index in [0.29, 0.717) is 31.6 Å². The SMILES string of the molecule is N=CC(C(OC1CCCC1)C(=O)Nc1cccc(F)c1)N1CCC(S(=O)[O-])CC1. The van der Waals surface area contributed by atoms with Gasteiger partial charge in [-0.2, -0.15) is 0 Å². The summed E-state index contributed by atoms with van der Waals surface area (Å²) in [5.74, 6) is -0.877. The van der Waals surface area contributed by atoms with Crippen molar-refractivity contribution >= 4 is 28.9 Å². The second-order valence-corrected chi connectivity index (χ2v) is 8.80. The van der Waals surface area contributed by atoms with Crippen molar-refractivity contribution in [2.24, 2.45) is 0 Å². The third-order valence-corrected chi connectivity index (χ3v) is 6.66. The van der Waals surface area contributed by atoms with Gasteiger partial charge in [-0.15, -0.1) is 0 Å². The molecule has 9 heteroatoms. The molecular formula is C20H27FN3O4S-. The molecule has 1 saturated carbocycles. The minimum Gasteiger partial charge on any atom is -0.772 e. The minimum atomic E-state index is -2.11. The highest BCUT2D eigenvalue weighted by molar-refractivity contribution is 7.79. The number of hydrogen-bond acceptors (Lipinski definition) is 6. The lowest BCUT2D eigenvalue weighted by Crippen LogP contribution is -2.54. The fourth-order valence-corrected chi connectivity index (χ4v) is 4.66. The molecule has 3 atom stereocenters. The van der Waals surface area contributed by atoms with Crippen LogP contribution in [0.3, 0.4) is 0 Å². The summed E-state index contributed by atoms with van der Waals surface area (Å²) in [7, 11) is 0. The number of anilines is 1. The van der Waals surface area contributed by atoms with Crippen molar-refractivity contribution < 1.29 is 22.7 Å². The molecule has 2 aliphatic rings. The maximum absolute atomic E-state index is 13.5. The Labute approximate surface area is 172 Å². The van der Waals surface area contributed by atoms with Crippen molar-refractivity contribution in [1.29, 1.82) is 5.41 Å². The van der Waals surface area contributed by atoms with E-state index in [1.807, 2.05) is 4.90 Å². The van der Waals surface area contributed by atoms with Crippen molar-refractivity contribution in [3.63, 3.8) is 0 Å². The Morgan fingerprint density at radius 3 is 2.59 bits per heavy atom. The molecule has 2 fully saturated rings. The van der Waals surface area contributed by atoms with E-state index in [1.54, 1.807) is 6.07 Å². The van der Waals surface area contributed by atoms with Crippen molar-refractivity contribution in [3.8, 4) is 0 Å². The number of benzene rings is 1.